The van der Waals surface area contributed by atoms with Crippen molar-refractivity contribution in [2.24, 2.45) is 0 Å². The maximum absolute atomic E-state index is 11.9. The number of pyridine rings is 1. The summed E-state index contributed by atoms with van der Waals surface area (Å²) in [5.41, 5.74) is 5.25. The van der Waals surface area contributed by atoms with E-state index in [2.05, 4.69) is 37.2 Å². The van der Waals surface area contributed by atoms with E-state index in [1.165, 1.54) is 6.92 Å². The van der Waals surface area contributed by atoms with Gasteiger partial charge in [0.1, 0.15) is 11.8 Å². The lowest BCUT2D eigenvalue weighted by atomic mass is 10.0. The first-order chi connectivity index (χ1) is 17.9. The summed E-state index contributed by atoms with van der Waals surface area (Å²) < 4.78 is 7.62. The molecule has 0 saturated carbocycles. The Morgan fingerprint density at radius 1 is 1.11 bits per heavy atom. The zero-order valence-electron chi connectivity index (χ0n) is 20.6. The number of thiocarbonyl (C=S) groups is 1. The van der Waals surface area contributed by atoms with Crippen molar-refractivity contribution in [3.8, 4) is 11.4 Å². The highest BCUT2D eigenvalue weighted by Gasteiger charge is 2.42. The molecule has 2 aromatic heterocycles. The fraction of sp³-hybridized carbons (Fsp3) is 0.179. The summed E-state index contributed by atoms with van der Waals surface area (Å²) in [5.74, 6) is 0.377. The monoisotopic (exact) mass is 531 g/mol. The number of hydrogen-bond acceptors (Lipinski definition) is 4. The SMILES string of the molecule is COc1ccc(N2C(=S)N[C@@H](c3ccccn3)[C@@H]2c2cccn2-c2ccc(Cl)c(C)c2)cc1NC(C)=O. The molecule has 188 valence electrons. The summed E-state index contributed by atoms with van der Waals surface area (Å²) in [6.07, 6.45) is 3.81. The number of nitrogens with one attached hydrogen (secondary N) is 2. The van der Waals surface area contributed by atoms with Gasteiger partial charge in [-0.2, -0.15) is 0 Å². The van der Waals surface area contributed by atoms with Crippen molar-refractivity contribution in [3.63, 3.8) is 0 Å². The topological polar surface area (TPSA) is 71.4 Å². The third-order valence-corrected chi connectivity index (χ3v) is 7.11. The number of hydrogen-bond donors (Lipinski definition) is 2. The normalized spacial score (nSPS) is 17.0. The molecule has 1 saturated heterocycles. The third kappa shape index (κ3) is 4.77. The highest BCUT2D eigenvalue weighted by molar-refractivity contribution is 7.80. The molecule has 0 bridgehead atoms. The standard InChI is InChI=1S/C28H26ClN5O2S/c1-17-15-19(9-11-21(17)29)33-14-6-8-24(33)27-26(22-7-4-5-13-30-22)32-28(37)34(27)20-10-12-25(36-3)23(16-20)31-18(2)35/h4-16,26-27H,1-3H3,(H,31,35)(H,32,37)/t26-,27-/m0/s1. The van der Waals surface area contributed by atoms with Gasteiger partial charge in [0.2, 0.25) is 5.91 Å². The van der Waals surface area contributed by atoms with Crippen molar-refractivity contribution in [2.75, 3.05) is 17.3 Å². The lowest BCUT2D eigenvalue weighted by Gasteiger charge is -2.29. The number of carbonyl (C=O) groups excluding carboxylic acids is 1. The molecule has 0 spiro atoms. The Morgan fingerprint density at radius 3 is 2.62 bits per heavy atom. The van der Waals surface area contributed by atoms with Gasteiger partial charge in [0, 0.05) is 41.4 Å². The van der Waals surface area contributed by atoms with E-state index < -0.39 is 0 Å². The maximum Gasteiger partial charge on any atom is 0.221 e. The molecule has 2 N–H and O–H groups in total. The molecule has 1 fully saturated rings. The van der Waals surface area contributed by atoms with E-state index in [4.69, 9.17) is 28.6 Å². The van der Waals surface area contributed by atoms with Gasteiger partial charge in [-0.25, -0.2) is 0 Å². The molecule has 7 nitrogen and oxygen atoms in total. The number of aromatic nitrogens is 2. The molecular weight excluding hydrogens is 506 g/mol. The smallest absolute Gasteiger partial charge is 0.221 e. The number of amides is 1. The Morgan fingerprint density at radius 2 is 1.92 bits per heavy atom. The van der Waals surface area contributed by atoms with Crippen LogP contribution in [-0.2, 0) is 4.79 Å². The second-order valence-electron chi connectivity index (χ2n) is 8.80. The number of anilines is 2. The summed E-state index contributed by atoms with van der Waals surface area (Å²) in [4.78, 5) is 18.6. The number of carbonyl (C=O) groups is 1. The van der Waals surface area contributed by atoms with Crippen molar-refractivity contribution in [1.82, 2.24) is 14.9 Å². The van der Waals surface area contributed by atoms with Gasteiger partial charge in [-0.05, 0) is 85.4 Å². The minimum Gasteiger partial charge on any atom is -0.495 e. The summed E-state index contributed by atoms with van der Waals surface area (Å²) in [6.45, 7) is 3.46. The first-order valence-corrected chi connectivity index (χ1v) is 12.6. The lowest BCUT2D eigenvalue weighted by Crippen LogP contribution is -2.30. The predicted molar refractivity (Wildman–Crippen MR) is 151 cm³/mol. The molecule has 0 radical (unpaired) electrons. The van der Waals surface area contributed by atoms with E-state index in [9.17, 15) is 4.79 Å². The van der Waals surface area contributed by atoms with Crippen molar-refractivity contribution >= 4 is 46.2 Å². The molecule has 1 aliphatic rings. The van der Waals surface area contributed by atoms with Crippen molar-refractivity contribution in [3.05, 3.63) is 101 Å². The molecule has 3 heterocycles. The van der Waals surface area contributed by atoms with Crippen LogP contribution >= 0.6 is 23.8 Å². The van der Waals surface area contributed by atoms with Gasteiger partial charge >= 0.3 is 0 Å². The number of aryl methyl sites for hydroxylation is 1. The minimum atomic E-state index is -0.244. The molecule has 9 heteroatoms. The van der Waals surface area contributed by atoms with Gasteiger partial charge in [0.25, 0.3) is 0 Å². The number of methoxy groups -OCH3 is 1. The number of rotatable bonds is 6. The fourth-order valence-electron chi connectivity index (χ4n) is 4.72. The van der Waals surface area contributed by atoms with E-state index in [-0.39, 0.29) is 18.0 Å². The highest BCUT2D eigenvalue weighted by atomic mass is 35.5. The zero-order valence-corrected chi connectivity index (χ0v) is 22.2. The van der Waals surface area contributed by atoms with Gasteiger partial charge in [0.05, 0.1) is 24.5 Å². The summed E-state index contributed by atoms with van der Waals surface area (Å²) in [5, 5.41) is 7.62. The Balaban J connectivity index is 1.67. The molecule has 1 aliphatic heterocycles. The van der Waals surface area contributed by atoms with Crippen LogP contribution in [0.2, 0.25) is 5.02 Å². The van der Waals surface area contributed by atoms with Crippen molar-refractivity contribution in [1.29, 1.82) is 0 Å². The molecule has 37 heavy (non-hydrogen) atoms. The quantitative estimate of drug-likeness (QED) is 0.298. The second-order valence-corrected chi connectivity index (χ2v) is 9.59. The second kappa shape index (κ2) is 10.2. The number of benzene rings is 2. The highest BCUT2D eigenvalue weighted by Crippen LogP contribution is 2.44. The largest absolute Gasteiger partial charge is 0.495 e. The average Bonchev–Trinajstić information content (AvgIpc) is 3.50. The van der Waals surface area contributed by atoms with E-state index in [1.807, 2.05) is 67.7 Å². The Hall–Kier alpha value is -3.88. The zero-order chi connectivity index (χ0) is 26.1. The average molecular weight is 532 g/mol. The summed E-state index contributed by atoms with van der Waals surface area (Å²) in [6, 6.07) is 21.1. The molecule has 0 aliphatic carbocycles. The number of nitrogens with zero attached hydrogens (tertiary/aromatic N) is 3. The first kappa shape index (κ1) is 24.8. The van der Waals surface area contributed by atoms with Gasteiger partial charge in [-0.1, -0.05) is 17.7 Å². The molecule has 4 aromatic rings. The van der Waals surface area contributed by atoms with Crippen LogP contribution in [-0.4, -0.2) is 27.7 Å². The Kier molecular flexibility index (Phi) is 6.86. The fourth-order valence-corrected chi connectivity index (χ4v) is 5.18. The van der Waals surface area contributed by atoms with Crippen LogP contribution in [0.3, 0.4) is 0 Å². The van der Waals surface area contributed by atoms with Crippen LogP contribution < -0.4 is 20.3 Å². The molecular formula is C28H26ClN5O2S. The van der Waals surface area contributed by atoms with Crippen molar-refractivity contribution < 1.29 is 9.53 Å². The van der Waals surface area contributed by atoms with Crippen LogP contribution in [0.4, 0.5) is 11.4 Å². The molecule has 5 rings (SSSR count). The van der Waals surface area contributed by atoms with Gasteiger partial charge in [-0.15, -0.1) is 0 Å². The van der Waals surface area contributed by atoms with Gasteiger partial charge in [-0.3, -0.25) is 9.78 Å². The van der Waals surface area contributed by atoms with E-state index >= 15 is 0 Å². The van der Waals surface area contributed by atoms with Crippen LogP contribution in [0.25, 0.3) is 5.69 Å². The van der Waals surface area contributed by atoms with Gasteiger partial charge in [0.15, 0.2) is 5.11 Å². The predicted octanol–water partition coefficient (Wildman–Crippen LogP) is 5.98. The van der Waals surface area contributed by atoms with E-state index in [0.717, 1.165) is 33.3 Å². The number of ether oxygens (including phenoxy) is 1. The first-order valence-electron chi connectivity index (χ1n) is 11.8. The lowest BCUT2D eigenvalue weighted by molar-refractivity contribution is -0.114. The molecule has 2 aromatic carbocycles. The molecule has 2 atom stereocenters. The molecule has 1 amide bonds. The summed E-state index contributed by atoms with van der Waals surface area (Å²) >= 11 is 12.2. The van der Waals surface area contributed by atoms with Gasteiger partial charge < -0.3 is 24.8 Å². The Labute approximate surface area is 226 Å². The van der Waals surface area contributed by atoms with Crippen LogP contribution in [0.15, 0.2) is 79.1 Å². The minimum absolute atomic E-state index is 0.188. The van der Waals surface area contributed by atoms with Crippen LogP contribution in [0.1, 0.15) is 36.0 Å². The third-order valence-electron chi connectivity index (χ3n) is 6.37. The van der Waals surface area contributed by atoms with E-state index in [1.54, 1.807) is 13.3 Å². The Bertz CT molecular complexity index is 1470. The van der Waals surface area contributed by atoms with E-state index in [0.29, 0.717) is 16.5 Å². The summed E-state index contributed by atoms with van der Waals surface area (Å²) in [7, 11) is 1.57. The van der Waals surface area contributed by atoms with Crippen LogP contribution in [0, 0.1) is 6.92 Å². The number of halogens is 1. The maximum atomic E-state index is 11.9. The van der Waals surface area contributed by atoms with Crippen LogP contribution in [0.5, 0.6) is 5.75 Å². The molecule has 0 unspecified atom stereocenters. The van der Waals surface area contributed by atoms with Crippen molar-refractivity contribution in [2.45, 2.75) is 25.9 Å².